The predicted octanol–water partition coefficient (Wildman–Crippen LogP) is 4.44. The molecule has 29 heavy (non-hydrogen) atoms. The molecule has 1 fully saturated rings. The highest BCUT2D eigenvalue weighted by Crippen LogP contribution is 2.33. The first-order valence-corrected chi connectivity index (χ1v) is 9.03. The lowest BCUT2D eigenvalue weighted by Gasteiger charge is -2.08. The van der Waals surface area contributed by atoms with E-state index >= 15 is 0 Å². The molecular formula is C19H16F3N5O2. The summed E-state index contributed by atoms with van der Waals surface area (Å²) in [5, 5.41) is 12.2. The quantitative estimate of drug-likeness (QED) is 0.585. The standard InChI is InChI=1S/C19H16F3N5O2/c20-19(21,22)15-8-12(10-28)7-14(9-15)17-23-11-27(26-17)6-5-16-24-25-18(29-16)13-3-1-2-4-13/h5-11,13H,1-4H2/b6-5-. The molecule has 1 aliphatic carbocycles. The fourth-order valence-corrected chi connectivity index (χ4v) is 3.28. The number of aldehydes is 1. The smallest absolute Gasteiger partial charge is 0.416 e. The molecule has 0 N–H and O–H groups in total. The van der Waals surface area contributed by atoms with E-state index in [9.17, 15) is 18.0 Å². The first kappa shape index (κ1) is 19.0. The summed E-state index contributed by atoms with van der Waals surface area (Å²) < 4.78 is 46.0. The molecule has 0 atom stereocenters. The van der Waals surface area contributed by atoms with Crippen molar-refractivity contribution >= 4 is 18.6 Å². The number of nitrogens with zero attached hydrogens (tertiary/aromatic N) is 5. The SMILES string of the molecule is O=Cc1cc(-c2ncn(/C=C\c3nnc(C4CCCC4)o3)n2)cc(C(F)(F)F)c1. The van der Waals surface area contributed by atoms with Crippen LogP contribution in [0, 0.1) is 0 Å². The van der Waals surface area contributed by atoms with Crippen LogP contribution in [-0.2, 0) is 6.18 Å². The summed E-state index contributed by atoms with van der Waals surface area (Å²) >= 11 is 0. The van der Waals surface area contributed by atoms with Gasteiger partial charge in [-0.15, -0.1) is 15.3 Å². The van der Waals surface area contributed by atoms with E-state index in [1.807, 2.05) is 0 Å². The average molecular weight is 403 g/mol. The van der Waals surface area contributed by atoms with Crippen molar-refractivity contribution in [1.82, 2.24) is 25.0 Å². The van der Waals surface area contributed by atoms with Crippen LogP contribution in [0.3, 0.4) is 0 Å². The van der Waals surface area contributed by atoms with E-state index in [1.54, 1.807) is 6.08 Å². The van der Waals surface area contributed by atoms with Crippen LogP contribution in [0.4, 0.5) is 13.2 Å². The van der Waals surface area contributed by atoms with E-state index in [-0.39, 0.29) is 17.0 Å². The molecule has 0 saturated heterocycles. The normalized spacial score (nSPS) is 15.4. The van der Waals surface area contributed by atoms with E-state index < -0.39 is 11.7 Å². The van der Waals surface area contributed by atoms with Crippen molar-refractivity contribution in [2.45, 2.75) is 37.8 Å². The number of hydrogen-bond donors (Lipinski definition) is 0. The fraction of sp³-hybridized carbons (Fsp3) is 0.316. The number of hydrogen-bond acceptors (Lipinski definition) is 6. The summed E-state index contributed by atoms with van der Waals surface area (Å²) in [5.41, 5.74) is -0.948. The molecule has 1 aromatic carbocycles. The van der Waals surface area contributed by atoms with Gasteiger partial charge in [0, 0.05) is 29.3 Å². The molecular weight excluding hydrogens is 387 g/mol. The first-order chi connectivity index (χ1) is 13.9. The van der Waals surface area contributed by atoms with Crippen LogP contribution >= 0.6 is 0 Å². The minimum atomic E-state index is -4.58. The van der Waals surface area contributed by atoms with Crippen LogP contribution in [-0.4, -0.2) is 31.2 Å². The van der Waals surface area contributed by atoms with Crippen molar-refractivity contribution in [3.63, 3.8) is 0 Å². The van der Waals surface area contributed by atoms with Gasteiger partial charge in [-0.25, -0.2) is 9.67 Å². The number of alkyl halides is 3. The molecule has 1 saturated carbocycles. The summed E-state index contributed by atoms with van der Waals surface area (Å²) in [6, 6.07) is 2.99. The molecule has 7 nitrogen and oxygen atoms in total. The molecule has 150 valence electrons. The van der Waals surface area contributed by atoms with Gasteiger partial charge in [-0.2, -0.15) is 13.2 Å². The summed E-state index contributed by atoms with van der Waals surface area (Å²) in [4.78, 5) is 15.0. The molecule has 2 heterocycles. The van der Waals surface area contributed by atoms with E-state index in [0.717, 1.165) is 37.8 Å². The van der Waals surface area contributed by atoms with E-state index in [4.69, 9.17) is 4.42 Å². The maximum absolute atomic E-state index is 13.0. The minimum absolute atomic E-state index is 0.0565. The average Bonchev–Trinajstić information content (AvgIpc) is 3.46. The second kappa shape index (κ2) is 7.61. The lowest BCUT2D eigenvalue weighted by atomic mass is 10.1. The zero-order valence-electron chi connectivity index (χ0n) is 15.1. The summed E-state index contributed by atoms with van der Waals surface area (Å²) in [6.45, 7) is 0. The van der Waals surface area contributed by atoms with Crippen LogP contribution in [0.1, 0.15) is 59.3 Å². The van der Waals surface area contributed by atoms with Crippen molar-refractivity contribution in [2.24, 2.45) is 0 Å². The molecule has 0 radical (unpaired) electrons. The van der Waals surface area contributed by atoms with E-state index in [2.05, 4.69) is 20.3 Å². The van der Waals surface area contributed by atoms with Gasteiger partial charge in [0.15, 0.2) is 5.82 Å². The maximum atomic E-state index is 13.0. The zero-order valence-corrected chi connectivity index (χ0v) is 15.1. The van der Waals surface area contributed by atoms with Gasteiger partial charge in [-0.1, -0.05) is 12.8 Å². The van der Waals surface area contributed by atoms with Crippen LogP contribution in [0.5, 0.6) is 0 Å². The van der Waals surface area contributed by atoms with Crippen molar-refractivity contribution in [3.8, 4) is 11.4 Å². The van der Waals surface area contributed by atoms with Crippen molar-refractivity contribution in [3.05, 3.63) is 47.4 Å². The molecule has 0 unspecified atom stereocenters. The van der Waals surface area contributed by atoms with Gasteiger partial charge < -0.3 is 4.42 Å². The van der Waals surface area contributed by atoms with Gasteiger partial charge in [0.05, 0.1) is 5.56 Å². The number of rotatable bonds is 5. The highest BCUT2D eigenvalue weighted by molar-refractivity contribution is 5.78. The molecule has 2 aromatic heterocycles. The molecule has 4 rings (SSSR count). The van der Waals surface area contributed by atoms with Crippen molar-refractivity contribution in [2.75, 3.05) is 0 Å². The van der Waals surface area contributed by atoms with Gasteiger partial charge in [-0.05, 0) is 31.0 Å². The fourth-order valence-electron chi connectivity index (χ4n) is 3.28. The Bertz CT molecular complexity index is 1050. The Morgan fingerprint density at radius 1 is 1.14 bits per heavy atom. The van der Waals surface area contributed by atoms with Crippen LogP contribution in [0.2, 0.25) is 0 Å². The predicted molar refractivity (Wildman–Crippen MR) is 96.6 cm³/mol. The number of aromatic nitrogens is 5. The zero-order chi connectivity index (χ0) is 20.4. The van der Waals surface area contributed by atoms with Gasteiger partial charge in [-0.3, -0.25) is 4.79 Å². The third-order valence-electron chi connectivity index (χ3n) is 4.72. The summed E-state index contributed by atoms with van der Waals surface area (Å²) in [6.07, 6.45) is 4.56. The molecule has 0 amide bonds. The Labute approximate surface area is 163 Å². The largest absolute Gasteiger partial charge is 0.421 e. The third-order valence-corrected chi connectivity index (χ3v) is 4.72. The number of benzene rings is 1. The molecule has 10 heteroatoms. The maximum Gasteiger partial charge on any atom is 0.416 e. The molecule has 0 aliphatic heterocycles. The Morgan fingerprint density at radius 2 is 1.93 bits per heavy atom. The van der Waals surface area contributed by atoms with Crippen LogP contribution in [0.15, 0.2) is 28.9 Å². The Balaban J connectivity index is 1.54. The minimum Gasteiger partial charge on any atom is -0.421 e. The number of carbonyl (C=O) groups excluding carboxylic acids is 1. The van der Waals surface area contributed by atoms with Crippen molar-refractivity contribution in [1.29, 1.82) is 0 Å². The number of carbonyl (C=O) groups is 1. The van der Waals surface area contributed by atoms with Gasteiger partial charge in [0.2, 0.25) is 11.8 Å². The van der Waals surface area contributed by atoms with Crippen molar-refractivity contribution < 1.29 is 22.4 Å². The van der Waals surface area contributed by atoms with Crippen LogP contribution in [0.25, 0.3) is 23.7 Å². The highest BCUT2D eigenvalue weighted by atomic mass is 19.4. The Morgan fingerprint density at radius 3 is 2.66 bits per heavy atom. The first-order valence-electron chi connectivity index (χ1n) is 9.03. The van der Waals surface area contributed by atoms with E-state index in [1.165, 1.54) is 23.3 Å². The number of halogens is 3. The van der Waals surface area contributed by atoms with E-state index in [0.29, 0.717) is 24.0 Å². The Kier molecular flexibility index (Phi) is 4.99. The monoisotopic (exact) mass is 403 g/mol. The summed E-state index contributed by atoms with van der Waals surface area (Å²) in [5.74, 6) is 1.29. The second-order valence-corrected chi connectivity index (χ2v) is 6.78. The third kappa shape index (κ3) is 4.25. The molecule has 1 aliphatic rings. The topological polar surface area (TPSA) is 86.7 Å². The molecule has 0 bridgehead atoms. The second-order valence-electron chi connectivity index (χ2n) is 6.78. The Hall–Kier alpha value is -3.30. The lowest BCUT2D eigenvalue weighted by molar-refractivity contribution is -0.137. The molecule has 3 aromatic rings. The van der Waals surface area contributed by atoms with Gasteiger partial charge in [0.25, 0.3) is 0 Å². The molecule has 0 spiro atoms. The lowest BCUT2D eigenvalue weighted by Crippen LogP contribution is -2.06. The van der Waals surface area contributed by atoms with Gasteiger partial charge in [0.1, 0.15) is 12.6 Å². The van der Waals surface area contributed by atoms with Crippen LogP contribution < -0.4 is 0 Å². The summed E-state index contributed by atoms with van der Waals surface area (Å²) in [7, 11) is 0. The van der Waals surface area contributed by atoms with Gasteiger partial charge >= 0.3 is 6.18 Å². The highest BCUT2D eigenvalue weighted by Gasteiger charge is 2.31.